The summed E-state index contributed by atoms with van der Waals surface area (Å²) in [6.45, 7) is 5.53. The number of allylic oxidation sites excluding steroid dienone is 1. The highest BCUT2D eigenvalue weighted by molar-refractivity contribution is 5.34. The Hall–Kier alpha value is -1.31. The van der Waals surface area contributed by atoms with Gasteiger partial charge in [-0.3, -0.25) is 0 Å². The molecule has 0 fully saturated rings. The van der Waals surface area contributed by atoms with E-state index < -0.39 is 0 Å². The third-order valence-electron chi connectivity index (χ3n) is 1.53. The molecule has 0 heterocycles. The van der Waals surface area contributed by atoms with Gasteiger partial charge in [-0.25, -0.2) is 4.39 Å². The quantitative estimate of drug-likeness (QED) is 0.669. The molecule has 12 heavy (non-hydrogen) atoms. The van der Waals surface area contributed by atoms with Crippen LogP contribution in [0.15, 0.2) is 30.4 Å². The van der Waals surface area contributed by atoms with Crippen molar-refractivity contribution >= 4 is 0 Å². The van der Waals surface area contributed by atoms with Gasteiger partial charge in [0.05, 0.1) is 0 Å². The van der Waals surface area contributed by atoms with Crippen molar-refractivity contribution in [2.75, 3.05) is 0 Å². The van der Waals surface area contributed by atoms with Gasteiger partial charge in [-0.1, -0.05) is 12.2 Å². The number of aromatic hydroxyl groups is 1. The van der Waals surface area contributed by atoms with Crippen molar-refractivity contribution in [2.45, 2.75) is 13.3 Å². The summed E-state index contributed by atoms with van der Waals surface area (Å²) in [4.78, 5) is 0. The van der Waals surface area contributed by atoms with Crippen LogP contribution in [-0.2, 0) is 6.42 Å². The smallest absolute Gasteiger partial charge is 0.123 e. The van der Waals surface area contributed by atoms with E-state index in [2.05, 4.69) is 6.58 Å². The molecule has 1 aromatic carbocycles. The van der Waals surface area contributed by atoms with Crippen LogP contribution >= 0.6 is 0 Å². The molecule has 0 saturated carbocycles. The number of benzene rings is 1. The number of phenolic OH excluding ortho intramolecular Hbond substituents is 1. The molecule has 0 atom stereocenters. The number of hydrogen-bond acceptors (Lipinski definition) is 1. The van der Waals surface area contributed by atoms with Crippen molar-refractivity contribution in [1.82, 2.24) is 0 Å². The van der Waals surface area contributed by atoms with Gasteiger partial charge in [-0.2, -0.15) is 0 Å². The van der Waals surface area contributed by atoms with E-state index in [1.54, 1.807) is 0 Å². The van der Waals surface area contributed by atoms with E-state index in [-0.39, 0.29) is 11.6 Å². The normalized spacial score (nSPS) is 9.83. The van der Waals surface area contributed by atoms with Crippen molar-refractivity contribution in [3.05, 3.63) is 41.7 Å². The van der Waals surface area contributed by atoms with Crippen LogP contribution in [0.5, 0.6) is 5.75 Å². The fourth-order valence-electron chi connectivity index (χ4n) is 1.02. The topological polar surface area (TPSA) is 20.2 Å². The number of rotatable bonds is 2. The van der Waals surface area contributed by atoms with E-state index >= 15 is 0 Å². The summed E-state index contributed by atoms with van der Waals surface area (Å²) in [5.74, 6) is -0.205. The predicted octanol–water partition coefficient (Wildman–Crippen LogP) is 2.65. The Bertz CT molecular complexity index is 305. The Morgan fingerprint density at radius 3 is 2.83 bits per heavy atom. The Kier molecular flexibility index (Phi) is 2.48. The molecule has 0 amide bonds. The number of phenols is 1. The highest BCUT2D eigenvalue weighted by atomic mass is 19.1. The van der Waals surface area contributed by atoms with Gasteiger partial charge in [0.15, 0.2) is 0 Å². The predicted molar refractivity (Wildman–Crippen MR) is 46.6 cm³/mol. The molecule has 64 valence electrons. The molecule has 0 aliphatic heterocycles. The van der Waals surface area contributed by atoms with Crippen molar-refractivity contribution in [3.8, 4) is 5.75 Å². The molecule has 1 N–H and O–H groups in total. The highest BCUT2D eigenvalue weighted by Gasteiger charge is 2.02. The van der Waals surface area contributed by atoms with E-state index in [1.165, 1.54) is 18.2 Å². The third kappa shape index (κ3) is 2.09. The van der Waals surface area contributed by atoms with Gasteiger partial charge in [0.1, 0.15) is 11.6 Å². The lowest BCUT2D eigenvalue weighted by molar-refractivity contribution is 0.466. The SMILES string of the molecule is C=C(C)Cc1cc(F)ccc1O. The van der Waals surface area contributed by atoms with Crippen LogP contribution in [0.1, 0.15) is 12.5 Å². The van der Waals surface area contributed by atoms with Gasteiger partial charge in [0.25, 0.3) is 0 Å². The lowest BCUT2D eigenvalue weighted by Crippen LogP contribution is -1.87. The summed E-state index contributed by atoms with van der Waals surface area (Å²) in [7, 11) is 0. The van der Waals surface area contributed by atoms with Crippen LogP contribution in [0, 0.1) is 5.82 Å². The molecular weight excluding hydrogens is 155 g/mol. The largest absolute Gasteiger partial charge is 0.508 e. The fourth-order valence-corrected chi connectivity index (χ4v) is 1.02. The second-order valence-corrected chi connectivity index (χ2v) is 2.91. The summed E-state index contributed by atoms with van der Waals surface area (Å²) in [5, 5.41) is 9.28. The maximum atomic E-state index is 12.7. The van der Waals surface area contributed by atoms with Gasteiger partial charge in [0, 0.05) is 5.56 Å². The van der Waals surface area contributed by atoms with Crippen LogP contribution in [0.3, 0.4) is 0 Å². The Morgan fingerprint density at radius 1 is 1.58 bits per heavy atom. The first-order valence-electron chi connectivity index (χ1n) is 3.71. The van der Waals surface area contributed by atoms with Crippen molar-refractivity contribution < 1.29 is 9.50 Å². The molecule has 2 heteroatoms. The van der Waals surface area contributed by atoms with E-state index in [0.29, 0.717) is 12.0 Å². The Balaban J connectivity index is 2.97. The van der Waals surface area contributed by atoms with Crippen molar-refractivity contribution in [2.24, 2.45) is 0 Å². The molecule has 0 aliphatic carbocycles. The van der Waals surface area contributed by atoms with Crippen molar-refractivity contribution in [3.63, 3.8) is 0 Å². The zero-order chi connectivity index (χ0) is 9.14. The zero-order valence-corrected chi connectivity index (χ0v) is 6.97. The van der Waals surface area contributed by atoms with E-state index in [4.69, 9.17) is 0 Å². The summed E-state index contributed by atoms with van der Waals surface area (Å²) >= 11 is 0. The van der Waals surface area contributed by atoms with Gasteiger partial charge >= 0.3 is 0 Å². The highest BCUT2D eigenvalue weighted by Crippen LogP contribution is 2.20. The monoisotopic (exact) mass is 166 g/mol. The van der Waals surface area contributed by atoms with Crippen LogP contribution in [-0.4, -0.2) is 5.11 Å². The molecule has 0 bridgehead atoms. The number of halogens is 1. The first-order valence-corrected chi connectivity index (χ1v) is 3.71. The minimum atomic E-state index is -0.330. The Labute approximate surface area is 71.2 Å². The second-order valence-electron chi connectivity index (χ2n) is 2.91. The van der Waals surface area contributed by atoms with Gasteiger partial charge in [0.2, 0.25) is 0 Å². The standard InChI is InChI=1S/C10H11FO/c1-7(2)5-8-6-9(11)3-4-10(8)12/h3-4,6,12H,1,5H2,2H3. The van der Waals surface area contributed by atoms with Gasteiger partial charge < -0.3 is 5.11 Å². The maximum Gasteiger partial charge on any atom is 0.123 e. The average Bonchev–Trinajstić information content (AvgIpc) is 1.96. The lowest BCUT2D eigenvalue weighted by Gasteiger charge is -2.03. The molecule has 1 rings (SSSR count). The molecule has 1 nitrogen and oxygen atoms in total. The Morgan fingerprint density at radius 2 is 2.25 bits per heavy atom. The molecule has 0 aliphatic rings. The molecule has 0 saturated heterocycles. The summed E-state index contributed by atoms with van der Waals surface area (Å²) in [5.41, 5.74) is 1.48. The molecule has 1 aromatic rings. The van der Waals surface area contributed by atoms with Gasteiger partial charge in [-0.15, -0.1) is 0 Å². The van der Waals surface area contributed by atoms with Crippen LogP contribution in [0.4, 0.5) is 4.39 Å². The average molecular weight is 166 g/mol. The number of hydrogen-bond donors (Lipinski definition) is 1. The fraction of sp³-hybridized carbons (Fsp3) is 0.200. The third-order valence-corrected chi connectivity index (χ3v) is 1.53. The summed E-state index contributed by atoms with van der Waals surface area (Å²) in [6.07, 6.45) is 0.517. The maximum absolute atomic E-state index is 12.7. The molecule has 0 spiro atoms. The first-order chi connectivity index (χ1) is 5.59. The minimum absolute atomic E-state index is 0.124. The second kappa shape index (κ2) is 3.39. The minimum Gasteiger partial charge on any atom is -0.508 e. The molecule has 0 radical (unpaired) electrons. The molecular formula is C10H11FO. The zero-order valence-electron chi connectivity index (χ0n) is 6.97. The van der Waals surface area contributed by atoms with Crippen LogP contribution in [0.25, 0.3) is 0 Å². The van der Waals surface area contributed by atoms with E-state index in [9.17, 15) is 9.50 Å². The van der Waals surface area contributed by atoms with E-state index in [0.717, 1.165) is 5.57 Å². The lowest BCUT2D eigenvalue weighted by atomic mass is 10.1. The van der Waals surface area contributed by atoms with Crippen LogP contribution in [0.2, 0.25) is 0 Å². The molecule has 0 unspecified atom stereocenters. The summed E-state index contributed by atoms with van der Waals surface area (Å²) < 4.78 is 12.7. The first kappa shape index (κ1) is 8.78. The summed E-state index contributed by atoms with van der Waals surface area (Å²) in [6, 6.07) is 3.91. The van der Waals surface area contributed by atoms with Crippen LogP contribution < -0.4 is 0 Å². The van der Waals surface area contributed by atoms with E-state index in [1.807, 2.05) is 6.92 Å². The molecule has 0 aromatic heterocycles. The van der Waals surface area contributed by atoms with Crippen molar-refractivity contribution in [1.29, 1.82) is 0 Å². The van der Waals surface area contributed by atoms with Gasteiger partial charge in [-0.05, 0) is 31.5 Å².